The first-order valence-electron chi connectivity index (χ1n) is 13.7. The molecule has 4 heteroatoms. The summed E-state index contributed by atoms with van der Waals surface area (Å²) in [5.74, 6) is 1.32. The van der Waals surface area contributed by atoms with E-state index < -0.39 is 0 Å². The number of fused-ring (bicyclic) bond motifs is 5. The molecule has 0 saturated carbocycles. The van der Waals surface area contributed by atoms with E-state index in [9.17, 15) is 0 Å². The van der Waals surface area contributed by atoms with Crippen LogP contribution in [0, 0.1) is 0 Å². The lowest BCUT2D eigenvalue weighted by atomic mass is 9.97. The Morgan fingerprint density at radius 1 is 0.561 bits per heavy atom. The fraction of sp³-hybridized carbons (Fsp3) is 0. The summed E-state index contributed by atoms with van der Waals surface area (Å²) in [5.41, 5.74) is 11.2. The highest BCUT2D eigenvalue weighted by molar-refractivity contribution is 6.13. The number of nitrogens with one attached hydrogen (secondary N) is 2. The van der Waals surface area contributed by atoms with Gasteiger partial charge in [-0.25, -0.2) is 4.98 Å². The summed E-state index contributed by atoms with van der Waals surface area (Å²) in [6, 6.07) is 41.8. The van der Waals surface area contributed by atoms with E-state index in [0.29, 0.717) is 5.88 Å². The van der Waals surface area contributed by atoms with Gasteiger partial charge in [0.15, 0.2) is 0 Å². The van der Waals surface area contributed by atoms with E-state index in [2.05, 4.69) is 118 Å². The van der Waals surface area contributed by atoms with Crippen molar-refractivity contribution in [3.63, 3.8) is 0 Å². The lowest BCUT2D eigenvalue weighted by molar-refractivity contribution is 0.463. The van der Waals surface area contributed by atoms with Gasteiger partial charge in [-0.05, 0) is 41.0 Å². The molecule has 0 spiro atoms. The average molecular weight is 528 g/mol. The summed E-state index contributed by atoms with van der Waals surface area (Å²) in [6.45, 7) is 0. The largest absolute Gasteiger partial charge is 0.439 e. The maximum Gasteiger partial charge on any atom is 0.219 e. The molecule has 0 bridgehead atoms. The zero-order valence-corrected chi connectivity index (χ0v) is 22.1. The summed E-state index contributed by atoms with van der Waals surface area (Å²) in [6.07, 6.45) is 6.13. The van der Waals surface area contributed by atoms with Crippen LogP contribution >= 0.6 is 0 Å². The number of H-pyrrole nitrogens is 1. The maximum atomic E-state index is 6.06. The molecule has 7 aromatic rings. The number of hydrogen-bond donors (Lipinski definition) is 2. The summed E-state index contributed by atoms with van der Waals surface area (Å²) in [5, 5.41) is 6.34. The van der Waals surface area contributed by atoms with Crippen LogP contribution in [0.1, 0.15) is 11.1 Å². The van der Waals surface area contributed by atoms with Crippen molar-refractivity contribution in [3.8, 4) is 33.9 Å². The van der Waals surface area contributed by atoms with Gasteiger partial charge in [0.05, 0.1) is 16.9 Å². The summed E-state index contributed by atoms with van der Waals surface area (Å²) >= 11 is 0. The van der Waals surface area contributed by atoms with Crippen molar-refractivity contribution in [1.29, 1.82) is 0 Å². The van der Waals surface area contributed by atoms with Crippen molar-refractivity contribution in [1.82, 2.24) is 9.97 Å². The Morgan fingerprint density at radius 3 is 2.12 bits per heavy atom. The number of ether oxygens (including phenoxy) is 1. The van der Waals surface area contributed by atoms with Gasteiger partial charge < -0.3 is 15.0 Å². The van der Waals surface area contributed by atoms with Gasteiger partial charge >= 0.3 is 0 Å². The third-order valence-electron chi connectivity index (χ3n) is 7.72. The predicted octanol–water partition coefficient (Wildman–Crippen LogP) is 10.1. The van der Waals surface area contributed by atoms with Crippen molar-refractivity contribution in [2.24, 2.45) is 0 Å². The summed E-state index contributed by atoms with van der Waals surface area (Å²) in [4.78, 5) is 8.00. The molecule has 1 aliphatic heterocycles. The number of anilines is 2. The SMILES string of the molecule is C1=Cc2cccc(-c3cccc4c3[nH]c3ccccc34)c2Nc2c1cccc2-c1cccc(Oc2ccccn2)c1. The molecule has 0 saturated heterocycles. The van der Waals surface area contributed by atoms with E-state index in [1.807, 2.05) is 30.3 Å². The van der Waals surface area contributed by atoms with E-state index in [4.69, 9.17) is 4.74 Å². The number of rotatable bonds is 4. The van der Waals surface area contributed by atoms with Crippen LogP contribution in [-0.2, 0) is 0 Å². The van der Waals surface area contributed by atoms with Gasteiger partial charge in [0, 0.05) is 45.2 Å². The molecule has 0 fully saturated rings. The second kappa shape index (κ2) is 9.54. The van der Waals surface area contributed by atoms with Crippen molar-refractivity contribution in [3.05, 3.63) is 139 Å². The minimum absolute atomic E-state index is 0.572. The first-order chi connectivity index (χ1) is 20.3. The van der Waals surface area contributed by atoms with Crippen LogP contribution in [0.4, 0.5) is 11.4 Å². The quantitative estimate of drug-likeness (QED) is 0.239. The van der Waals surface area contributed by atoms with Crippen molar-refractivity contribution < 1.29 is 4.74 Å². The van der Waals surface area contributed by atoms with E-state index in [1.165, 1.54) is 16.3 Å². The molecule has 0 amide bonds. The molecule has 194 valence electrons. The monoisotopic (exact) mass is 527 g/mol. The van der Waals surface area contributed by atoms with Gasteiger partial charge in [0.2, 0.25) is 5.88 Å². The molecule has 0 unspecified atom stereocenters. The van der Waals surface area contributed by atoms with Crippen LogP contribution in [0.5, 0.6) is 11.6 Å². The smallest absolute Gasteiger partial charge is 0.219 e. The number of nitrogens with zero attached hydrogens (tertiary/aromatic N) is 1. The summed E-state index contributed by atoms with van der Waals surface area (Å²) < 4.78 is 6.06. The standard InChI is InChI=1S/C37H25N3O/c1-2-18-33-29(13-1)30-16-8-17-32(37(30)39-33)31-15-7-10-25-21-20-24-9-6-14-28(35(24)40-36(25)31)26-11-5-12-27(23-26)41-34-19-3-4-22-38-34/h1-23,39-40H. The Labute approximate surface area is 237 Å². The van der Waals surface area contributed by atoms with Crippen LogP contribution in [0.25, 0.3) is 56.2 Å². The number of benzene rings is 5. The number of pyridine rings is 1. The lowest BCUT2D eigenvalue weighted by Gasteiger charge is -2.19. The van der Waals surface area contributed by atoms with E-state index in [1.54, 1.807) is 6.20 Å². The van der Waals surface area contributed by atoms with E-state index in [0.717, 1.165) is 56.0 Å². The van der Waals surface area contributed by atoms with Crippen LogP contribution in [0.15, 0.2) is 128 Å². The Bertz CT molecular complexity index is 2110. The highest BCUT2D eigenvalue weighted by atomic mass is 16.5. The molecule has 2 aromatic heterocycles. The Morgan fingerprint density at radius 2 is 1.27 bits per heavy atom. The third-order valence-corrected chi connectivity index (χ3v) is 7.72. The van der Waals surface area contributed by atoms with Gasteiger partial charge in [-0.1, -0.05) is 103 Å². The van der Waals surface area contributed by atoms with Crippen molar-refractivity contribution in [2.45, 2.75) is 0 Å². The van der Waals surface area contributed by atoms with Gasteiger partial charge in [-0.2, -0.15) is 0 Å². The molecule has 4 nitrogen and oxygen atoms in total. The zero-order chi connectivity index (χ0) is 27.2. The molecular weight excluding hydrogens is 502 g/mol. The van der Waals surface area contributed by atoms with Crippen LogP contribution in [-0.4, -0.2) is 9.97 Å². The highest BCUT2D eigenvalue weighted by Crippen LogP contribution is 2.44. The number of aromatic amines is 1. The van der Waals surface area contributed by atoms with Crippen LogP contribution in [0.3, 0.4) is 0 Å². The van der Waals surface area contributed by atoms with Crippen LogP contribution in [0.2, 0.25) is 0 Å². The molecule has 41 heavy (non-hydrogen) atoms. The van der Waals surface area contributed by atoms with Gasteiger partial charge in [0.1, 0.15) is 5.75 Å². The summed E-state index contributed by atoms with van der Waals surface area (Å²) in [7, 11) is 0. The molecule has 1 aliphatic rings. The molecule has 2 N–H and O–H groups in total. The molecule has 0 aliphatic carbocycles. The maximum absolute atomic E-state index is 6.06. The fourth-order valence-corrected chi connectivity index (χ4v) is 5.82. The van der Waals surface area contributed by atoms with Gasteiger partial charge in [-0.3, -0.25) is 0 Å². The average Bonchev–Trinajstić information content (AvgIpc) is 3.29. The van der Waals surface area contributed by atoms with E-state index >= 15 is 0 Å². The lowest BCUT2D eigenvalue weighted by Crippen LogP contribution is -1.99. The number of para-hydroxylation sites is 4. The van der Waals surface area contributed by atoms with Crippen molar-refractivity contribution in [2.75, 3.05) is 5.32 Å². The zero-order valence-electron chi connectivity index (χ0n) is 22.1. The van der Waals surface area contributed by atoms with E-state index in [-0.39, 0.29) is 0 Å². The Hall–Kier alpha value is -5.61. The number of aromatic nitrogens is 2. The minimum atomic E-state index is 0.572. The van der Waals surface area contributed by atoms with Gasteiger partial charge in [0.25, 0.3) is 0 Å². The van der Waals surface area contributed by atoms with Crippen LogP contribution < -0.4 is 10.1 Å². The molecule has 3 heterocycles. The molecule has 8 rings (SSSR count). The molecule has 5 aromatic carbocycles. The van der Waals surface area contributed by atoms with Crippen molar-refractivity contribution >= 4 is 45.3 Å². The second-order valence-corrected chi connectivity index (χ2v) is 10.2. The first-order valence-corrected chi connectivity index (χ1v) is 13.7. The fourth-order valence-electron chi connectivity index (χ4n) is 5.82. The topological polar surface area (TPSA) is 49.9 Å². The van der Waals surface area contributed by atoms with Gasteiger partial charge in [-0.15, -0.1) is 0 Å². The second-order valence-electron chi connectivity index (χ2n) is 10.2. The third kappa shape index (κ3) is 4.05. The Kier molecular flexibility index (Phi) is 5.42. The normalized spacial score (nSPS) is 12.0. The predicted molar refractivity (Wildman–Crippen MR) is 170 cm³/mol. The molecule has 0 atom stereocenters. The highest BCUT2D eigenvalue weighted by Gasteiger charge is 2.19. The molecule has 0 radical (unpaired) electrons. The first kappa shape index (κ1) is 23.3. The minimum Gasteiger partial charge on any atom is -0.439 e. The Balaban J connectivity index is 1.26. The molecular formula is C37H25N3O. The number of hydrogen-bond acceptors (Lipinski definition) is 3.